The summed E-state index contributed by atoms with van der Waals surface area (Å²) in [6.45, 7) is 3.50. The molecule has 0 fully saturated rings. The zero-order valence-corrected chi connectivity index (χ0v) is 12.9. The third-order valence-electron chi connectivity index (χ3n) is 2.91. The first kappa shape index (κ1) is 20.8. The lowest BCUT2D eigenvalue weighted by molar-refractivity contribution is -0.135. The number of carbonyl (C=O) groups is 3. The molecule has 10 heteroatoms. The predicted molar refractivity (Wildman–Crippen MR) is 77.3 cm³/mol. The second-order valence-electron chi connectivity index (χ2n) is 5.03. The summed E-state index contributed by atoms with van der Waals surface area (Å²) in [5, 5.41) is 52.0. The summed E-state index contributed by atoms with van der Waals surface area (Å²) in [7, 11) is 0. The van der Waals surface area contributed by atoms with Gasteiger partial charge in [-0.05, 0) is 13.0 Å². The molecule has 0 aromatic heterocycles. The Kier molecular flexibility index (Phi) is 8.22. The van der Waals surface area contributed by atoms with Crippen LogP contribution in [-0.2, 0) is 14.4 Å². The van der Waals surface area contributed by atoms with Crippen LogP contribution in [-0.4, -0.2) is 73.7 Å². The molecule has 0 unspecified atom stereocenters. The maximum atomic E-state index is 11.2. The lowest BCUT2D eigenvalue weighted by Crippen LogP contribution is -2.60. The second kappa shape index (κ2) is 9.08. The van der Waals surface area contributed by atoms with Crippen molar-refractivity contribution in [2.75, 3.05) is 0 Å². The van der Waals surface area contributed by atoms with Gasteiger partial charge < -0.3 is 36.2 Å². The van der Waals surface area contributed by atoms with Crippen LogP contribution >= 0.6 is 0 Å². The Hall–Kier alpha value is -2.17. The van der Waals surface area contributed by atoms with Crippen LogP contribution in [0.3, 0.4) is 0 Å². The van der Waals surface area contributed by atoms with Crippen molar-refractivity contribution in [1.29, 1.82) is 0 Å². The second-order valence-corrected chi connectivity index (χ2v) is 5.03. The molecule has 0 bridgehead atoms. The highest BCUT2D eigenvalue weighted by Crippen LogP contribution is 2.11. The van der Waals surface area contributed by atoms with Crippen LogP contribution in [0.2, 0.25) is 0 Å². The highest BCUT2D eigenvalue weighted by molar-refractivity contribution is 5.83. The Labute approximate surface area is 132 Å². The summed E-state index contributed by atoms with van der Waals surface area (Å²) in [4.78, 5) is 32.9. The van der Waals surface area contributed by atoms with Crippen LogP contribution in [0.25, 0.3) is 0 Å². The summed E-state index contributed by atoms with van der Waals surface area (Å²) >= 11 is 0. The topological polar surface area (TPSA) is 176 Å². The van der Waals surface area contributed by atoms with Gasteiger partial charge in [0.1, 0.15) is 0 Å². The van der Waals surface area contributed by atoms with Gasteiger partial charge in [-0.2, -0.15) is 0 Å². The molecule has 0 aliphatic heterocycles. The van der Waals surface area contributed by atoms with Crippen LogP contribution in [0, 0.1) is 0 Å². The quantitative estimate of drug-likeness (QED) is 0.190. The van der Waals surface area contributed by atoms with E-state index in [1.807, 2.05) is 0 Å². The number of aliphatic hydroxyl groups is 4. The van der Waals surface area contributed by atoms with Crippen LogP contribution in [0.4, 0.5) is 0 Å². The van der Waals surface area contributed by atoms with E-state index in [9.17, 15) is 29.7 Å². The molecule has 0 saturated carbocycles. The number of carboxylic acids is 1. The average molecular weight is 334 g/mol. The normalized spacial score (nSPS) is 18.3. The van der Waals surface area contributed by atoms with Crippen molar-refractivity contribution in [2.45, 2.75) is 51.2 Å². The molecule has 0 rings (SSSR count). The van der Waals surface area contributed by atoms with E-state index in [0.717, 1.165) is 13.8 Å². The minimum atomic E-state index is -1.79. The van der Waals surface area contributed by atoms with Gasteiger partial charge in [0.2, 0.25) is 11.8 Å². The van der Waals surface area contributed by atoms with E-state index in [-0.39, 0.29) is 0 Å². The molecule has 0 aromatic carbocycles. The fourth-order valence-corrected chi connectivity index (χ4v) is 1.89. The summed E-state index contributed by atoms with van der Waals surface area (Å²) in [5.41, 5.74) is 0. The molecule has 0 aromatic rings. The number of carbonyl (C=O) groups excluding carboxylic acids is 2. The first-order valence-corrected chi connectivity index (χ1v) is 6.69. The maximum absolute atomic E-state index is 11.2. The molecule has 23 heavy (non-hydrogen) atoms. The summed E-state index contributed by atoms with van der Waals surface area (Å²) < 4.78 is 0. The number of rotatable bonds is 8. The standard InChI is InChI=1S/C13H22N2O8/c1-5(16)10(14-6(2)17)12(21)11(15-7(3)18)8(19)4-9(20)13(22)23/h4-5,8,10-12,16,19-21H,1-3H3,(H,14,17)(H,15,18)(H,22,23)/t5-,8+,10-,11-,12+/m1/s1. The molecule has 132 valence electrons. The molecule has 0 heterocycles. The Bertz CT molecular complexity index is 477. The van der Waals surface area contributed by atoms with Gasteiger partial charge in [-0.3, -0.25) is 9.59 Å². The Morgan fingerprint density at radius 1 is 0.913 bits per heavy atom. The largest absolute Gasteiger partial charge is 0.502 e. The Balaban J connectivity index is 5.50. The molecule has 0 radical (unpaired) electrons. The van der Waals surface area contributed by atoms with E-state index in [0.29, 0.717) is 6.08 Å². The van der Waals surface area contributed by atoms with E-state index in [1.54, 1.807) is 0 Å². The molecule has 0 saturated heterocycles. The van der Waals surface area contributed by atoms with Crippen molar-refractivity contribution in [3.05, 3.63) is 11.8 Å². The third kappa shape index (κ3) is 7.08. The van der Waals surface area contributed by atoms with Gasteiger partial charge >= 0.3 is 5.97 Å². The number of aliphatic carboxylic acids is 1. The fourth-order valence-electron chi connectivity index (χ4n) is 1.89. The summed E-state index contributed by atoms with van der Waals surface area (Å²) in [5.74, 6) is -4.14. The third-order valence-corrected chi connectivity index (χ3v) is 2.91. The zero-order valence-electron chi connectivity index (χ0n) is 12.9. The van der Waals surface area contributed by atoms with Gasteiger partial charge in [-0.25, -0.2) is 4.79 Å². The molecule has 10 nitrogen and oxygen atoms in total. The van der Waals surface area contributed by atoms with Gasteiger partial charge in [0.15, 0.2) is 5.76 Å². The molecular weight excluding hydrogens is 312 g/mol. The van der Waals surface area contributed by atoms with Gasteiger partial charge in [0, 0.05) is 13.8 Å². The molecule has 0 spiro atoms. The molecule has 0 aliphatic rings. The van der Waals surface area contributed by atoms with Crippen molar-refractivity contribution >= 4 is 17.8 Å². The Morgan fingerprint density at radius 2 is 1.35 bits per heavy atom. The molecule has 5 atom stereocenters. The highest BCUT2D eigenvalue weighted by Gasteiger charge is 2.36. The van der Waals surface area contributed by atoms with Crippen molar-refractivity contribution in [3.63, 3.8) is 0 Å². The minimum Gasteiger partial charge on any atom is -0.502 e. The van der Waals surface area contributed by atoms with Gasteiger partial charge in [0.05, 0.1) is 30.4 Å². The van der Waals surface area contributed by atoms with Crippen LogP contribution < -0.4 is 10.6 Å². The SMILES string of the molecule is CC(=O)N[C@@H]([C@H](O)[C@H](NC(C)=O)[C@@H](O)C=C(O)C(=O)O)[C@@H](C)O. The van der Waals surface area contributed by atoms with E-state index >= 15 is 0 Å². The van der Waals surface area contributed by atoms with E-state index in [2.05, 4.69) is 10.6 Å². The highest BCUT2D eigenvalue weighted by atomic mass is 16.4. The van der Waals surface area contributed by atoms with Crippen molar-refractivity contribution in [1.82, 2.24) is 10.6 Å². The van der Waals surface area contributed by atoms with Gasteiger partial charge in [-0.15, -0.1) is 0 Å². The summed E-state index contributed by atoms with van der Waals surface area (Å²) in [6.07, 6.45) is -4.19. The van der Waals surface area contributed by atoms with Gasteiger partial charge in [0.25, 0.3) is 0 Å². The monoisotopic (exact) mass is 334 g/mol. The first-order chi connectivity index (χ1) is 10.5. The molecule has 0 aliphatic carbocycles. The number of carboxylic acid groups (broad SMARTS) is 1. The number of hydrogen-bond acceptors (Lipinski definition) is 7. The van der Waals surface area contributed by atoms with Crippen LogP contribution in [0.15, 0.2) is 11.8 Å². The smallest absolute Gasteiger partial charge is 0.370 e. The van der Waals surface area contributed by atoms with E-state index < -0.39 is 53.9 Å². The van der Waals surface area contributed by atoms with Crippen molar-refractivity contribution in [3.8, 4) is 0 Å². The minimum absolute atomic E-state index is 0.513. The molecular formula is C13H22N2O8. The predicted octanol–water partition coefficient (Wildman–Crippen LogP) is -2.38. The number of amides is 2. The van der Waals surface area contributed by atoms with E-state index in [4.69, 9.17) is 10.2 Å². The average Bonchev–Trinajstić information content (AvgIpc) is 2.40. The maximum Gasteiger partial charge on any atom is 0.370 e. The summed E-state index contributed by atoms with van der Waals surface area (Å²) in [6, 6.07) is -2.74. The molecule has 2 amide bonds. The number of aliphatic hydroxyl groups excluding tert-OH is 4. The lowest BCUT2D eigenvalue weighted by Gasteiger charge is -2.33. The van der Waals surface area contributed by atoms with Crippen LogP contribution in [0.1, 0.15) is 20.8 Å². The molecule has 7 N–H and O–H groups in total. The van der Waals surface area contributed by atoms with Crippen molar-refractivity contribution in [2.24, 2.45) is 0 Å². The zero-order chi connectivity index (χ0) is 18.3. The van der Waals surface area contributed by atoms with Crippen LogP contribution in [0.5, 0.6) is 0 Å². The lowest BCUT2D eigenvalue weighted by atomic mass is 9.94. The Morgan fingerprint density at radius 3 is 1.70 bits per heavy atom. The number of nitrogens with one attached hydrogen (secondary N) is 2. The van der Waals surface area contributed by atoms with E-state index in [1.165, 1.54) is 6.92 Å². The first-order valence-electron chi connectivity index (χ1n) is 6.69. The fraction of sp³-hybridized carbons (Fsp3) is 0.615. The number of hydrogen-bond donors (Lipinski definition) is 7. The van der Waals surface area contributed by atoms with Crippen molar-refractivity contribution < 1.29 is 39.9 Å². The van der Waals surface area contributed by atoms with Gasteiger partial charge in [-0.1, -0.05) is 0 Å².